The van der Waals surface area contributed by atoms with Gasteiger partial charge in [0.15, 0.2) is 5.75 Å². The molecule has 0 heterocycles. The van der Waals surface area contributed by atoms with Gasteiger partial charge in [-0.25, -0.2) is 0 Å². The number of methoxy groups -OCH3 is 1. The number of ether oxygens (including phenoxy) is 1. The monoisotopic (exact) mass is 278 g/mol. The first-order valence-corrected chi connectivity index (χ1v) is 7.15. The minimum absolute atomic E-state index is 0.0313. The van der Waals surface area contributed by atoms with Crippen LogP contribution in [0.5, 0.6) is 5.75 Å². The van der Waals surface area contributed by atoms with Gasteiger partial charge in [0, 0.05) is 18.7 Å². The molecule has 1 aliphatic carbocycles. The van der Waals surface area contributed by atoms with E-state index in [0.717, 1.165) is 11.5 Å². The first-order valence-electron chi connectivity index (χ1n) is 7.15. The minimum Gasteiger partial charge on any atom is -0.490 e. The molecule has 20 heavy (non-hydrogen) atoms. The van der Waals surface area contributed by atoms with Gasteiger partial charge in [0.25, 0.3) is 0 Å². The molecule has 0 aliphatic heterocycles. The molecule has 2 atom stereocenters. The highest BCUT2D eigenvalue weighted by Gasteiger charge is 2.19. The maximum atomic E-state index is 11.0. The molecular weight excluding hydrogens is 256 g/mol. The van der Waals surface area contributed by atoms with Crippen molar-refractivity contribution in [2.24, 2.45) is 5.92 Å². The number of benzene rings is 1. The summed E-state index contributed by atoms with van der Waals surface area (Å²) < 4.78 is 5.01. The van der Waals surface area contributed by atoms with E-state index in [1.807, 2.05) is 6.07 Å². The molecule has 0 amide bonds. The third kappa shape index (κ3) is 3.70. The van der Waals surface area contributed by atoms with Gasteiger partial charge in [0.2, 0.25) is 0 Å². The number of hydrogen-bond donors (Lipinski definition) is 1. The number of nitrogens with one attached hydrogen (secondary N) is 1. The summed E-state index contributed by atoms with van der Waals surface area (Å²) in [6.45, 7) is 2.95. The second kappa shape index (κ2) is 6.70. The Morgan fingerprint density at radius 2 is 2.25 bits per heavy atom. The lowest BCUT2D eigenvalue weighted by Crippen LogP contribution is -2.33. The van der Waals surface area contributed by atoms with Crippen LogP contribution in [0.2, 0.25) is 0 Å². The van der Waals surface area contributed by atoms with E-state index in [1.54, 1.807) is 12.1 Å². The van der Waals surface area contributed by atoms with Crippen molar-refractivity contribution in [1.29, 1.82) is 0 Å². The van der Waals surface area contributed by atoms with Crippen LogP contribution in [-0.2, 0) is 6.54 Å². The average Bonchev–Trinajstić information content (AvgIpc) is 2.45. The lowest BCUT2D eigenvalue weighted by molar-refractivity contribution is -0.385. The van der Waals surface area contributed by atoms with Crippen LogP contribution in [0.3, 0.4) is 0 Å². The van der Waals surface area contributed by atoms with Crippen LogP contribution in [0, 0.1) is 16.0 Å². The molecule has 2 rings (SSSR count). The molecular formula is C15H22N2O3. The molecule has 110 valence electrons. The van der Waals surface area contributed by atoms with E-state index >= 15 is 0 Å². The smallest absolute Gasteiger partial charge is 0.311 e. The standard InChI is InChI=1S/C15H22N2O3/c1-11-4-3-5-13(8-11)16-10-12-6-7-15(20-2)14(9-12)17(18)19/h6-7,9,11,13,16H,3-5,8,10H2,1-2H3. The molecule has 1 saturated carbocycles. The Balaban J connectivity index is 1.99. The van der Waals surface area contributed by atoms with Crippen molar-refractivity contribution >= 4 is 5.69 Å². The van der Waals surface area contributed by atoms with Crippen molar-refractivity contribution in [2.75, 3.05) is 7.11 Å². The van der Waals surface area contributed by atoms with Crippen LogP contribution in [0.4, 0.5) is 5.69 Å². The van der Waals surface area contributed by atoms with Crippen molar-refractivity contribution < 1.29 is 9.66 Å². The van der Waals surface area contributed by atoms with E-state index in [-0.39, 0.29) is 5.69 Å². The van der Waals surface area contributed by atoms with Crippen LogP contribution in [-0.4, -0.2) is 18.1 Å². The van der Waals surface area contributed by atoms with Crippen molar-refractivity contribution in [3.8, 4) is 5.75 Å². The largest absolute Gasteiger partial charge is 0.490 e. The summed E-state index contributed by atoms with van der Waals surface area (Å²) in [6, 6.07) is 5.67. The Morgan fingerprint density at radius 1 is 1.45 bits per heavy atom. The molecule has 2 unspecified atom stereocenters. The highest BCUT2D eigenvalue weighted by atomic mass is 16.6. The van der Waals surface area contributed by atoms with E-state index in [9.17, 15) is 10.1 Å². The zero-order valence-electron chi connectivity index (χ0n) is 12.1. The fraction of sp³-hybridized carbons (Fsp3) is 0.600. The molecule has 1 aliphatic rings. The number of hydrogen-bond acceptors (Lipinski definition) is 4. The number of rotatable bonds is 5. The van der Waals surface area contributed by atoms with Crippen LogP contribution >= 0.6 is 0 Å². The van der Waals surface area contributed by atoms with E-state index in [4.69, 9.17) is 4.74 Å². The maximum absolute atomic E-state index is 11.0. The summed E-state index contributed by atoms with van der Waals surface area (Å²) in [5.74, 6) is 1.08. The Morgan fingerprint density at radius 3 is 2.90 bits per heavy atom. The minimum atomic E-state index is -0.398. The first-order chi connectivity index (χ1) is 9.60. The van der Waals surface area contributed by atoms with Gasteiger partial charge in [-0.1, -0.05) is 25.8 Å². The molecule has 1 aromatic rings. The molecule has 5 nitrogen and oxygen atoms in total. The quantitative estimate of drug-likeness (QED) is 0.663. The van der Waals surface area contributed by atoms with Crippen LogP contribution in [0.25, 0.3) is 0 Å². The Labute approximate surface area is 119 Å². The van der Waals surface area contributed by atoms with Crippen molar-refractivity contribution in [3.05, 3.63) is 33.9 Å². The topological polar surface area (TPSA) is 64.4 Å². The number of nitrogens with zero attached hydrogens (tertiary/aromatic N) is 1. The van der Waals surface area contributed by atoms with Gasteiger partial charge in [-0.2, -0.15) is 0 Å². The molecule has 1 fully saturated rings. The summed E-state index contributed by atoms with van der Waals surface area (Å²) in [6.07, 6.45) is 4.97. The molecule has 0 radical (unpaired) electrons. The van der Waals surface area contributed by atoms with E-state index in [1.165, 1.54) is 32.8 Å². The fourth-order valence-corrected chi connectivity index (χ4v) is 2.87. The third-order valence-corrected chi connectivity index (χ3v) is 3.97. The van der Waals surface area contributed by atoms with E-state index in [2.05, 4.69) is 12.2 Å². The second-order valence-corrected chi connectivity index (χ2v) is 5.61. The zero-order chi connectivity index (χ0) is 14.5. The SMILES string of the molecule is COc1ccc(CNC2CCCC(C)C2)cc1[N+](=O)[O-]. The number of nitro benzene ring substituents is 1. The summed E-state index contributed by atoms with van der Waals surface area (Å²) in [7, 11) is 1.45. The van der Waals surface area contributed by atoms with Gasteiger partial charge < -0.3 is 10.1 Å². The summed E-state index contributed by atoms with van der Waals surface area (Å²) in [4.78, 5) is 10.6. The van der Waals surface area contributed by atoms with Crippen molar-refractivity contribution in [3.63, 3.8) is 0 Å². The van der Waals surface area contributed by atoms with E-state index < -0.39 is 4.92 Å². The van der Waals surface area contributed by atoms with Crippen LogP contribution in [0.15, 0.2) is 18.2 Å². The Hall–Kier alpha value is -1.62. The zero-order valence-corrected chi connectivity index (χ0v) is 12.1. The molecule has 1 aromatic carbocycles. The summed E-state index contributed by atoms with van der Waals surface area (Å²) in [5, 5.41) is 14.5. The molecule has 0 aromatic heterocycles. The molecule has 5 heteroatoms. The van der Waals surface area contributed by atoms with Gasteiger partial charge >= 0.3 is 5.69 Å². The van der Waals surface area contributed by atoms with Gasteiger partial charge in [0.1, 0.15) is 0 Å². The molecule has 0 saturated heterocycles. The van der Waals surface area contributed by atoms with Gasteiger partial charge in [-0.15, -0.1) is 0 Å². The predicted molar refractivity (Wildman–Crippen MR) is 77.9 cm³/mol. The highest BCUT2D eigenvalue weighted by molar-refractivity contribution is 5.48. The Bertz CT molecular complexity index is 476. The normalized spacial score (nSPS) is 22.5. The van der Waals surface area contributed by atoms with E-state index in [0.29, 0.717) is 18.3 Å². The lowest BCUT2D eigenvalue weighted by atomic mass is 9.87. The lowest BCUT2D eigenvalue weighted by Gasteiger charge is -2.27. The second-order valence-electron chi connectivity index (χ2n) is 5.61. The molecule has 0 bridgehead atoms. The van der Waals surface area contributed by atoms with Gasteiger partial charge in [0.05, 0.1) is 12.0 Å². The molecule has 1 N–H and O–H groups in total. The van der Waals surface area contributed by atoms with Crippen LogP contribution in [0.1, 0.15) is 38.2 Å². The molecule has 0 spiro atoms. The summed E-state index contributed by atoms with van der Waals surface area (Å²) in [5.41, 5.74) is 0.958. The Kier molecular flexibility index (Phi) is 4.95. The third-order valence-electron chi connectivity index (χ3n) is 3.97. The van der Waals surface area contributed by atoms with Crippen molar-refractivity contribution in [2.45, 2.75) is 45.2 Å². The average molecular weight is 278 g/mol. The first kappa shape index (κ1) is 14.8. The highest BCUT2D eigenvalue weighted by Crippen LogP contribution is 2.28. The van der Waals surface area contributed by atoms with Crippen molar-refractivity contribution in [1.82, 2.24) is 5.32 Å². The maximum Gasteiger partial charge on any atom is 0.311 e. The van der Waals surface area contributed by atoms with Gasteiger partial charge in [-0.05, 0) is 30.4 Å². The summed E-state index contributed by atoms with van der Waals surface area (Å²) >= 11 is 0. The predicted octanol–water partition coefficient (Wildman–Crippen LogP) is 3.27. The van der Waals surface area contributed by atoms with Crippen LogP contribution < -0.4 is 10.1 Å². The van der Waals surface area contributed by atoms with Gasteiger partial charge in [-0.3, -0.25) is 10.1 Å². The fourth-order valence-electron chi connectivity index (χ4n) is 2.87. The number of nitro groups is 1.